The molecule has 2 atom stereocenters. The molecule has 1 aromatic carbocycles. The van der Waals surface area contributed by atoms with Gasteiger partial charge in [-0.3, -0.25) is 0 Å². The van der Waals surface area contributed by atoms with Crippen LogP contribution in [0, 0.1) is 0 Å². The fourth-order valence-electron chi connectivity index (χ4n) is 2.35. The van der Waals surface area contributed by atoms with Gasteiger partial charge in [0.15, 0.2) is 0 Å². The topological polar surface area (TPSA) is 46.2 Å². The van der Waals surface area contributed by atoms with Gasteiger partial charge in [-0.2, -0.15) is 0 Å². The zero-order valence-electron chi connectivity index (χ0n) is 10.2. The summed E-state index contributed by atoms with van der Waals surface area (Å²) in [5.74, 6) is 0. The fourth-order valence-corrected chi connectivity index (χ4v) is 5.55. The summed E-state index contributed by atoms with van der Waals surface area (Å²) in [4.78, 5) is 0. The Labute approximate surface area is 131 Å². The van der Waals surface area contributed by atoms with E-state index in [9.17, 15) is 8.42 Å². The van der Waals surface area contributed by atoms with E-state index in [-0.39, 0.29) is 9.59 Å². The summed E-state index contributed by atoms with van der Waals surface area (Å²) in [6.45, 7) is 0. The van der Waals surface area contributed by atoms with Crippen molar-refractivity contribution >= 4 is 44.6 Å². The first-order valence-electron chi connectivity index (χ1n) is 5.97. The molecule has 0 spiro atoms. The Morgan fingerprint density at radius 2 is 1.95 bits per heavy atom. The number of sulfonamides is 1. The van der Waals surface area contributed by atoms with Crippen LogP contribution >= 0.6 is 34.5 Å². The summed E-state index contributed by atoms with van der Waals surface area (Å²) in [6.07, 6.45) is 0.663. The summed E-state index contributed by atoms with van der Waals surface area (Å²) < 4.78 is 28.0. The van der Waals surface area contributed by atoms with Crippen molar-refractivity contribution in [2.75, 3.05) is 0 Å². The van der Waals surface area contributed by atoms with Crippen molar-refractivity contribution in [2.45, 2.75) is 22.0 Å². The molecule has 3 nitrogen and oxygen atoms in total. The first kappa shape index (κ1) is 14.4. The molecule has 0 radical (unpaired) electrons. The lowest BCUT2D eigenvalue weighted by Crippen LogP contribution is -2.31. The standard InChI is InChI=1S/C13H11Cl2NO2S2/c14-10-7-8-3-1-2-4-9(8)13(10)16-20(17,18)12-6-5-11(15)19-12/h1-6,10,13,16H,7H2. The molecule has 3 rings (SSSR count). The Morgan fingerprint density at radius 3 is 2.65 bits per heavy atom. The number of thiophene rings is 1. The van der Waals surface area contributed by atoms with Crippen molar-refractivity contribution in [1.82, 2.24) is 4.72 Å². The molecule has 2 aromatic rings. The SMILES string of the molecule is O=S(=O)(NC1c2ccccc2CC1Cl)c1ccc(Cl)s1. The zero-order chi connectivity index (χ0) is 14.3. The molecule has 1 heterocycles. The van der Waals surface area contributed by atoms with Crippen molar-refractivity contribution in [3.05, 3.63) is 51.9 Å². The number of halogens is 2. The number of fused-ring (bicyclic) bond motifs is 1. The number of alkyl halides is 1. The van der Waals surface area contributed by atoms with E-state index in [4.69, 9.17) is 23.2 Å². The lowest BCUT2D eigenvalue weighted by molar-refractivity contribution is 0.558. The highest BCUT2D eigenvalue weighted by atomic mass is 35.5. The smallest absolute Gasteiger partial charge is 0.206 e. The van der Waals surface area contributed by atoms with E-state index in [0.717, 1.165) is 22.5 Å². The fraction of sp³-hybridized carbons (Fsp3) is 0.231. The molecule has 1 aliphatic carbocycles. The van der Waals surface area contributed by atoms with Crippen LogP contribution in [0.4, 0.5) is 0 Å². The van der Waals surface area contributed by atoms with Gasteiger partial charge in [-0.1, -0.05) is 35.9 Å². The second kappa shape index (κ2) is 5.31. The van der Waals surface area contributed by atoms with Crippen LogP contribution in [-0.4, -0.2) is 13.8 Å². The van der Waals surface area contributed by atoms with Gasteiger partial charge in [0.1, 0.15) is 4.21 Å². The van der Waals surface area contributed by atoms with Crippen LogP contribution in [0.15, 0.2) is 40.6 Å². The van der Waals surface area contributed by atoms with Gasteiger partial charge in [0, 0.05) is 0 Å². The van der Waals surface area contributed by atoms with E-state index >= 15 is 0 Å². The predicted molar refractivity (Wildman–Crippen MR) is 82.2 cm³/mol. The molecule has 0 amide bonds. The quantitative estimate of drug-likeness (QED) is 0.862. The second-order valence-electron chi connectivity index (χ2n) is 4.58. The van der Waals surface area contributed by atoms with Gasteiger partial charge in [0.05, 0.1) is 15.8 Å². The third kappa shape index (κ3) is 2.61. The summed E-state index contributed by atoms with van der Waals surface area (Å²) in [5.41, 5.74) is 2.03. The minimum absolute atomic E-state index is 0.204. The largest absolute Gasteiger partial charge is 0.250 e. The number of hydrogen-bond donors (Lipinski definition) is 1. The summed E-state index contributed by atoms with van der Waals surface area (Å²) in [5, 5.41) is -0.280. The molecule has 1 N–H and O–H groups in total. The minimum Gasteiger partial charge on any atom is -0.206 e. The van der Waals surface area contributed by atoms with Crippen LogP contribution in [0.3, 0.4) is 0 Å². The molecular weight excluding hydrogens is 337 g/mol. The highest BCUT2D eigenvalue weighted by molar-refractivity contribution is 7.91. The zero-order valence-corrected chi connectivity index (χ0v) is 13.4. The van der Waals surface area contributed by atoms with Gasteiger partial charge in [0.2, 0.25) is 0 Å². The van der Waals surface area contributed by atoms with E-state index in [1.165, 1.54) is 6.07 Å². The molecule has 0 fully saturated rings. The second-order valence-corrected chi connectivity index (χ2v) is 8.79. The molecule has 0 saturated carbocycles. The van der Waals surface area contributed by atoms with E-state index in [0.29, 0.717) is 10.8 Å². The number of nitrogens with one attached hydrogen (secondary N) is 1. The number of rotatable bonds is 3. The molecule has 1 aromatic heterocycles. The number of hydrogen-bond acceptors (Lipinski definition) is 3. The highest BCUT2D eigenvalue weighted by Crippen LogP contribution is 2.36. The van der Waals surface area contributed by atoms with Gasteiger partial charge in [-0.15, -0.1) is 22.9 Å². The van der Waals surface area contributed by atoms with Gasteiger partial charge in [-0.05, 0) is 29.7 Å². The first-order chi connectivity index (χ1) is 9.47. The van der Waals surface area contributed by atoms with E-state index in [2.05, 4.69) is 4.72 Å². The molecule has 7 heteroatoms. The van der Waals surface area contributed by atoms with Crippen LogP contribution in [0.5, 0.6) is 0 Å². The van der Waals surface area contributed by atoms with Crippen molar-refractivity contribution in [3.8, 4) is 0 Å². The van der Waals surface area contributed by atoms with Crippen molar-refractivity contribution in [2.24, 2.45) is 0 Å². The van der Waals surface area contributed by atoms with Gasteiger partial charge < -0.3 is 0 Å². The minimum atomic E-state index is -3.60. The lowest BCUT2D eigenvalue weighted by Gasteiger charge is -2.16. The molecule has 0 bridgehead atoms. The predicted octanol–water partition coefficient (Wildman–Crippen LogP) is 3.58. The van der Waals surface area contributed by atoms with E-state index in [1.807, 2.05) is 24.3 Å². The molecule has 0 aliphatic heterocycles. The lowest BCUT2D eigenvalue weighted by atomic mass is 10.1. The third-order valence-electron chi connectivity index (χ3n) is 3.26. The third-order valence-corrected chi connectivity index (χ3v) is 6.83. The first-order valence-corrected chi connectivity index (χ1v) is 9.08. The molecule has 106 valence electrons. The number of benzene rings is 1. The van der Waals surface area contributed by atoms with Crippen LogP contribution in [-0.2, 0) is 16.4 Å². The molecule has 20 heavy (non-hydrogen) atoms. The van der Waals surface area contributed by atoms with Crippen molar-refractivity contribution in [3.63, 3.8) is 0 Å². The van der Waals surface area contributed by atoms with Crippen LogP contribution < -0.4 is 4.72 Å². The monoisotopic (exact) mass is 347 g/mol. The van der Waals surface area contributed by atoms with E-state index in [1.54, 1.807) is 6.07 Å². The normalized spacial score (nSPS) is 21.9. The Morgan fingerprint density at radius 1 is 1.20 bits per heavy atom. The maximum atomic E-state index is 12.3. The molecule has 1 aliphatic rings. The van der Waals surface area contributed by atoms with Gasteiger partial charge in [0.25, 0.3) is 10.0 Å². The average molecular weight is 348 g/mol. The average Bonchev–Trinajstić information content (AvgIpc) is 2.95. The van der Waals surface area contributed by atoms with Gasteiger partial charge >= 0.3 is 0 Å². The molecule has 0 saturated heterocycles. The maximum absolute atomic E-state index is 12.3. The van der Waals surface area contributed by atoms with Gasteiger partial charge in [-0.25, -0.2) is 13.1 Å². The van der Waals surface area contributed by atoms with Crippen molar-refractivity contribution in [1.29, 1.82) is 0 Å². The molecular formula is C13H11Cl2NO2S2. The summed E-state index contributed by atoms with van der Waals surface area (Å²) >= 11 is 13.1. The van der Waals surface area contributed by atoms with Crippen LogP contribution in [0.2, 0.25) is 4.34 Å². The van der Waals surface area contributed by atoms with Crippen LogP contribution in [0.1, 0.15) is 17.2 Å². The maximum Gasteiger partial charge on any atom is 0.250 e. The van der Waals surface area contributed by atoms with Crippen molar-refractivity contribution < 1.29 is 8.42 Å². The Kier molecular flexibility index (Phi) is 3.81. The highest BCUT2D eigenvalue weighted by Gasteiger charge is 2.34. The Hall–Kier alpha value is -0.590. The van der Waals surface area contributed by atoms with E-state index < -0.39 is 16.1 Å². The van der Waals surface area contributed by atoms with Crippen LogP contribution in [0.25, 0.3) is 0 Å². The Balaban J connectivity index is 1.92. The summed E-state index contributed by atoms with van der Waals surface area (Å²) in [6, 6.07) is 10.4. The summed E-state index contributed by atoms with van der Waals surface area (Å²) in [7, 11) is -3.60. The Bertz CT molecular complexity index is 742. The molecule has 2 unspecified atom stereocenters.